The number of benzene rings is 2. The molecular weight excluding hydrogens is 681 g/mol. The van der Waals surface area contributed by atoms with Crippen molar-refractivity contribution < 1.29 is 19.1 Å². The number of carbonyl (C=O) groups excluding carboxylic acids is 3. The van der Waals surface area contributed by atoms with Gasteiger partial charge in [0.25, 0.3) is 0 Å². The first-order valence-corrected chi connectivity index (χ1v) is 18.9. The molecule has 3 aliphatic rings. The second-order valence-corrected chi connectivity index (χ2v) is 15.1. The zero-order valence-electron chi connectivity index (χ0n) is 30.8. The van der Waals surface area contributed by atoms with Crippen molar-refractivity contribution in [1.29, 1.82) is 0 Å². The topological polar surface area (TPSA) is 158 Å². The van der Waals surface area contributed by atoms with Gasteiger partial charge in [-0.3, -0.25) is 14.6 Å². The van der Waals surface area contributed by atoms with Gasteiger partial charge in [0, 0.05) is 31.4 Å². The van der Waals surface area contributed by atoms with Crippen LogP contribution >= 0.6 is 0 Å². The largest absolute Gasteiger partial charge is 0.453 e. The lowest BCUT2D eigenvalue weighted by Gasteiger charge is -2.57. The third kappa shape index (κ3) is 6.76. The molecule has 0 spiro atoms. The van der Waals surface area contributed by atoms with Crippen LogP contribution in [-0.2, 0) is 20.9 Å². The van der Waals surface area contributed by atoms with Gasteiger partial charge in [0.05, 0.1) is 42.9 Å². The molecule has 12 nitrogen and oxygen atoms in total. The molecule has 0 radical (unpaired) electrons. The Bertz CT molecular complexity index is 2110. The van der Waals surface area contributed by atoms with Crippen LogP contribution in [0.15, 0.2) is 85.5 Å². The Labute approximate surface area is 314 Å². The highest BCUT2D eigenvalue weighted by Crippen LogP contribution is 2.62. The Kier molecular flexibility index (Phi) is 9.74. The van der Waals surface area contributed by atoms with Gasteiger partial charge in [0.15, 0.2) is 0 Å². The number of rotatable bonds is 11. The maximum atomic E-state index is 13.5. The average Bonchev–Trinajstić information content (AvgIpc) is 3.99. The first-order chi connectivity index (χ1) is 26.3. The van der Waals surface area contributed by atoms with Gasteiger partial charge < -0.3 is 30.2 Å². The highest BCUT2D eigenvalue weighted by atomic mass is 16.5. The van der Waals surface area contributed by atoms with Gasteiger partial charge in [-0.25, -0.2) is 14.8 Å². The molecule has 2 saturated carbocycles. The molecule has 3 aromatic heterocycles. The number of aromatic amines is 2. The number of hydrogen-bond acceptors (Lipinski definition) is 7. The quantitative estimate of drug-likeness (QED) is 0.119. The van der Waals surface area contributed by atoms with E-state index in [4.69, 9.17) is 9.72 Å². The van der Waals surface area contributed by atoms with Gasteiger partial charge in [-0.15, -0.1) is 0 Å². The van der Waals surface area contributed by atoms with Crippen molar-refractivity contribution in [2.75, 3.05) is 13.7 Å². The fourth-order valence-corrected chi connectivity index (χ4v) is 8.55. The molecule has 8 rings (SSSR count). The molecule has 1 aliphatic heterocycles. The first-order valence-electron chi connectivity index (χ1n) is 18.9. The van der Waals surface area contributed by atoms with Crippen LogP contribution in [0.4, 0.5) is 4.79 Å². The van der Waals surface area contributed by atoms with Crippen molar-refractivity contribution in [2.24, 2.45) is 23.7 Å². The van der Waals surface area contributed by atoms with Crippen LogP contribution in [0.5, 0.6) is 0 Å². The summed E-state index contributed by atoms with van der Waals surface area (Å²) in [7, 11) is 1.30. The molecule has 1 saturated heterocycles. The zero-order valence-corrected chi connectivity index (χ0v) is 30.8. The number of nitrogens with one attached hydrogen (secondary N) is 4. The fraction of sp³-hybridized carbons (Fsp3) is 0.381. The van der Waals surface area contributed by atoms with Crippen molar-refractivity contribution in [3.05, 3.63) is 103 Å². The summed E-state index contributed by atoms with van der Waals surface area (Å²) in [5.74, 6) is 2.52. The van der Waals surface area contributed by atoms with E-state index in [0.29, 0.717) is 24.9 Å². The van der Waals surface area contributed by atoms with E-state index < -0.39 is 12.1 Å². The molecule has 2 aromatic carbocycles. The number of imidazole rings is 2. The van der Waals surface area contributed by atoms with Gasteiger partial charge in [-0.05, 0) is 77.3 Å². The van der Waals surface area contributed by atoms with Crippen molar-refractivity contribution in [3.8, 4) is 33.6 Å². The van der Waals surface area contributed by atoms with Crippen LogP contribution in [0.3, 0.4) is 0 Å². The lowest BCUT2D eigenvalue weighted by Crippen LogP contribution is -2.57. The van der Waals surface area contributed by atoms with E-state index >= 15 is 0 Å². The fourth-order valence-electron chi connectivity index (χ4n) is 8.55. The van der Waals surface area contributed by atoms with Gasteiger partial charge in [-0.2, -0.15) is 0 Å². The van der Waals surface area contributed by atoms with E-state index in [1.807, 2.05) is 43.3 Å². The molecule has 54 heavy (non-hydrogen) atoms. The van der Waals surface area contributed by atoms with E-state index in [1.165, 1.54) is 7.11 Å². The summed E-state index contributed by atoms with van der Waals surface area (Å²) in [5, 5.41) is 5.84. The van der Waals surface area contributed by atoms with E-state index in [0.717, 1.165) is 76.5 Å². The number of ether oxygens (including phenoxy) is 1. The summed E-state index contributed by atoms with van der Waals surface area (Å²) < 4.78 is 4.76. The number of hydrogen-bond donors (Lipinski definition) is 4. The minimum atomic E-state index is -0.676. The maximum Gasteiger partial charge on any atom is 0.407 e. The third-order valence-corrected chi connectivity index (χ3v) is 11.7. The molecule has 5 aromatic rings. The number of methoxy groups -OCH3 is 1. The van der Waals surface area contributed by atoms with Crippen molar-refractivity contribution in [3.63, 3.8) is 0 Å². The normalized spacial score (nSPS) is 22.1. The Balaban J connectivity index is 0.907. The number of pyridine rings is 1. The minimum Gasteiger partial charge on any atom is -0.453 e. The zero-order chi connectivity index (χ0) is 37.3. The Morgan fingerprint density at radius 1 is 0.833 bits per heavy atom. The molecule has 6 atom stereocenters. The highest BCUT2D eigenvalue weighted by molar-refractivity contribution is 5.86. The van der Waals surface area contributed by atoms with E-state index in [2.05, 4.69) is 79.1 Å². The predicted octanol–water partition coefficient (Wildman–Crippen LogP) is 6.63. The molecule has 278 valence electrons. The van der Waals surface area contributed by atoms with E-state index in [1.54, 1.807) is 12.4 Å². The van der Waals surface area contributed by atoms with Gasteiger partial charge in [0.1, 0.15) is 17.7 Å². The molecule has 4 N–H and O–H groups in total. The molecule has 3 amide bonds. The number of likely N-dealkylation sites (tertiary alicyclic amines) is 1. The number of H-pyrrole nitrogens is 2. The first kappa shape index (κ1) is 35.3. The van der Waals surface area contributed by atoms with Gasteiger partial charge in [0.2, 0.25) is 11.8 Å². The predicted molar refractivity (Wildman–Crippen MR) is 203 cm³/mol. The van der Waals surface area contributed by atoms with E-state index in [9.17, 15) is 14.4 Å². The Morgan fingerprint density at radius 3 is 2.06 bits per heavy atom. The van der Waals surface area contributed by atoms with Crippen LogP contribution in [0.1, 0.15) is 68.7 Å². The molecule has 12 heteroatoms. The van der Waals surface area contributed by atoms with Crippen molar-refractivity contribution in [2.45, 2.75) is 64.1 Å². The monoisotopic (exact) mass is 726 g/mol. The van der Waals surface area contributed by atoms with Crippen LogP contribution in [0, 0.1) is 23.7 Å². The number of aromatic nitrogens is 5. The van der Waals surface area contributed by atoms with Crippen LogP contribution in [0.25, 0.3) is 33.6 Å². The van der Waals surface area contributed by atoms with Crippen LogP contribution in [-0.4, -0.2) is 67.4 Å². The third-order valence-electron chi connectivity index (χ3n) is 11.7. The van der Waals surface area contributed by atoms with Crippen molar-refractivity contribution >= 4 is 17.9 Å². The van der Waals surface area contributed by atoms with Crippen molar-refractivity contribution in [1.82, 2.24) is 40.5 Å². The summed E-state index contributed by atoms with van der Waals surface area (Å²) >= 11 is 0. The van der Waals surface area contributed by atoms with E-state index in [-0.39, 0.29) is 35.6 Å². The molecule has 3 fully saturated rings. The Morgan fingerprint density at radius 2 is 1.46 bits per heavy atom. The number of carbonyl (C=O) groups is 3. The Hall–Kier alpha value is -5.78. The number of nitrogens with zero attached hydrogens (tertiary/aromatic N) is 4. The van der Waals surface area contributed by atoms with Crippen LogP contribution in [0.2, 0.25) is 0 Å². The second kappa shape index (κ2) is 14.9. The second-order valence-electron chi connectivity index (χ2n) is 15.1. The SMILES string of the molecule is COC(=O)N[C@H](C(=O)N1CCC[C@H]1c1ncc(-c2ccc(-c3ccc(-c4cnc([C@@H]5C6CC[C@H]6[C@H]5C(=O)NCc5cccnc5)[nH]4)cc3)cc2)[nH]1)C(C)C. The van der Waals surface area contributed by atoms with Crippen LogP contribution < -0.4 is 10.6 Å². The number of fused-ring (bicyclic) bond motifs is 1. The molecule has 2 aliphatic carbocycles. The summed E-state index contributed by atoms with van der Waals surface area (Å²) in [4.78, 5) is 61.2. The average molecular weight is 727 g/mol. The molecule has 4 heterocycles. The molecular formula is C42H46N8O4. The highest BCUT2D eigenvalue weighted by Gasteiger charge is 2.59. The molecule has 1 unspecified atom stereocenters. The van der Waals surface area contributed by atoms with Gasteiger partial charge >= 0.3 is 6.09 Å². The summed E-state index contributed by atoms with van der Waals surface area (Å²) in [6.45, 7) is 4.91. The summed E-state index contributed by atoms with van der Waals surface area (Å²) in [6.07, 6.45) is 10.5. The smallest absolute Gasteiger partial charge is 0.407 e. The maximum absolute atomic E-state index is 13.5. The van der Waals surface area contributed by atoms with Gasteiger partial charge in [-0.1, -0.05) is 68.4 Å². The lowest BCUT2D eigenvalue weighted by molar-refractivity contribution is -0.145. The lowest BCUT2D eigenvalue weighted by atomic mass is 9.46. The minimum absolute atomic E-state index is 0.0564. The summed E-state index contributed by atoms with van der Waals surface area (Å²) in [6, 6.07) is 19.8. The summed E-state index contributed by atoms with van der Waals surface area (Å²) in [5.41, 5.74) is 7.04. The molecule has 0 bridgehead atoms. The number of amides is 3. The number of alkyl carbamates (subject to hydrolysis) is 1. The standard InChI is InChI=1S/C42H46N8O4/c1-24(2)37(49-42(53)54-3)41(52)50-19-5-7-34(50)38-44-22-32(47-38)28-12-8-26(9-13-28)27-10-14-29(15-11-27)33-23-45-39(48-33)35-30-16-17-31(30)36(35)40(51)46-21-25-6-4-18-43-20-25/h4,6,8-15,18,20,22-24,30-31,34-37H,5,7,16-17,19,21H2,1-3H3,(H,44,47)(H,45,48)(H,46,51)(H,49,53)/t30?,31-,34+,35-,36-,37+/m1/s1.